The van der Waals surface area contributed by atoms with Crippen LogP contribution in [0, 0.1) is 0 Å². The molecule has 0 fully saturated rings. The molecule has 4 heteroatoms. The van der Waals surface area contributed by atoms with E-state index in [0.717, 1.165) is 33.8 Å². The first-order valence-corrected chi connectivity index (χ1v) is 6.35. The molecule has 0 saturated heterocycles. The molecule has 0 aromatic heterocycles. The molecule has 1 aromatic rings. The average molecular weight is 303 g/mol. The van der Waals surface area contributed by atoms with E-state index >= 15 is 0 Å². The first-order valence-electron chi connectivity index (χ1n) is 5.18. The Kier molecular flexibility index (Phi) is 3.90. The molecule has 16 heavy (non-hydrogen) atoms. The predicted octanol–water partition coefficient (Wildman–Crippen LogP) is 3.67. The van der Waals surface area contributed by atoms with Gasteiger partial charge in [0.1, 0.15) is 5.76 Å². The van der Waals surface area contributed by atoms with Crippen molar-refractivity contribution in [3.63, 3.8) is 0 Å². The van der Waals surface area contributed by atoms with Crippen LogP contribution in [-0.2, 0) is 4.74 Å². The lowest BCUT2D eigenvalue weighted by Crippen LogP contribution is -2.19. The van der Waals surface area contributed by atoms with Crippen molar-refractivity contribution in [3.8, 4) is 0 Å². The van der Waals surface area contributed by atoms with Gasteiger partial charge in [-0.2, -0.15) is 0 Å². The summed E-state index contributed by atoms with van der Waals surface area (Å²) in [5.41, 5.74) is 1.03. The van der Waals surface area contributed by atoms with Gasteiger partial charge in [0.05, 0.1) is 17.7 Å². The maximum Gasteiger partial charge on any atom is 0.114 e. The van der Waals surface area contributed by atoms with Crippen LogP contribution in [0.25, 0.3) is 0 Å². The van der Waals surface area contributed by atoms with Gasteiger partial charge >= 0.3 is 0 Å². The SMILES string of the molecule is CNC(C1=CCCO1)c1cccc(Br)c1Cl. The van der Waals surface area contributed by atoms with E-state index in [9.17, 15) is 0 Å². The van der Waals surface area contributed by atoms with E-state index in [1.807, 2.05) is 25.2 Å². The molecule has 1 atom stereocenters. The number of benzene rings is 1. The van der Waals surface area contributed by atoms with Crippen LogP contribution >= 0.6 is 27.5 Å². The van der Waals surface area contributed by atoms with Crippen LogP contribution in [0.3, 0.4) is 0 Å². The van der Waals surface area contributed by atoms with Crippen LogP contribution in [0.4, 0.5) is 0 Å². The molecule has 0 aliphatic carbocycles. The van der Waals surface area contributed by atoms with Crippen LogP contribution in [0.2, 0.25) is 5.02 Å². The quantitative estimate of drug-likeness (QED) is 0.920. The Balaban J connectivity index is 2.36. The van der Waals surface area contributed by atoms with Crippen molar-refractivity contribution in [2.75, 3.05) is 13.7 Å². The monoisotopic (exact) mass is 301 g/mol. The zero-order valence-electron chi connectivity index (χ0n) is 8.97. The fourth-order valence-electron chi connectivity index (χ4n) is 1.83. The zero-order chi connectivity index (χ0) is 11.5. The van der Waals surface area contributed by atoms with Crippen molar-refractivity contribution in [2.45, 2.75) is 12.5 Å². The summed E-state index contributed by atoms with van der Waals surface area (Å²) in [5.74, 6) is 0.961. The molecule has 0 amide bonds. The van der Waals surface area contributed by atoms with E-state index in [1.165, 1.54) is 0 Å². The molecule has 1 aromatic carbocycles. The standard InChI is InChI=1S/C12H13BrClNO/c1-15-12(10-6-3-7-16-10)8-4-2-5-9(13)11(8)14/h2,4-6,12,15H,3,7H2,1H3. The van der Waals surface area contributed by atoms with Gasteiger partial charge in [-0.1, -0.05) is 23.7 Å². The Hall–Kier alpha value is -0.510. The molecule has 1 N–H and O–H groups in total. The van der Waals surface area contributed by atoms with Crippen molar-refractivity contribution in [2.24, 2.45) is 0 Å². The van der Waals surface area contributed by atoms with Gasteiger partial charge in [-0.3, -0.25) is 0 Å². The van der Waals surface area contributed by atoms with Gasteiger partial charge in [-0.25, -0.2) is 0 Å². The minimum Gasteiger partial charge on any atom is -0.496 e. The highest BCUT2D eigenvalue weighted by Crippen LogP contribution is 2.34. The molecule has 0 radical (unpaired) electrons. The summed E-state index contributed by atoms with van der Waals surface area (Å²) in [6.07, 6.45) is 3.08. The smallest absolute Gasteiger partial charge is 0.114 e. The Bertz CT molecular complexity index is 419. The van der Waals surface area contributed by atoms with Crippen LogP contribution in [-0.4, -0.2) is 13.7 Å². The number of ether oxygens (including phenoxy) is 1. The normalized spacial score (nSPS) is 16.8. The molecular weight excluding hydrogens is 289 g/mol. The predicted molar refractivity (Wildman–Crippen MR) is 69.6 cm³/mol. The Morgan fingerprint density at radius 3 is 2.94 bits per heavy atom. The van der Waals surface area contributed by atoms with Gasteiger partial charge in [0, 0.05) is 10.9 Å². The van der Waals surface area contributed by atoms with Gasteiger partial charge in [0.25, 0.3) is 0 Å². The van der Waals surface area contributed by atoms with Crippen LogP contribution in [0.1, 0.15) is 18.0 Å². The largest absolute Gasteiger partial charge is 0.496 e. The van der Waals surface area contributed by atoms with E-state index < -0.39 is 0 Å². The Morgan fingerprint density at radius 1 is 1.50 bits per heavy atom. The number of hydrogen-bond donors (Lipinski definition) is 1. The second-order valence-electron chi connectivity index (χ2n) is 3.61. The average Bonchev–Trinajstić information content (AvgIpc) is 2.79. The summed E-state index contributed by atoms with van der Waals surface area (Å²) < 4.78 is 6.49. The van der Waals surface area contributed by atoms with Crippen LogP contribution in [0.15, 0.2) is 34.5 Å². The summed E-state index contributed by atoms with van der Waals surface area (Å²) in [5, 5.41) is 3.96. The van der Waals surface area contributed by atoms with Gasteiger partial charge < -0.3 is 10.1 Å². The molecule has 1 aliphatic heterocycles. The lowest BCUT2D eigenvalue weighted by atomic mass is 10.1. The fourth-order valence-corrected chi connectivity index (χ4v) is 2.45. The number of likely N-dealkylation sites (N-methyl/N-ethyl adjacent to an activating group) is 1. The molecule has 0 spiro atoms. The highest BCUT2D eigenvalue weighted by molar-refractivity contribution is 9.10. The van der Waals surface area contributed by atoms with E-state index in [2.05, 4.69) is 27.3 Å². The van der Waals surface area contributed by atoms with Crippen molar-refractivity contribution in [1.29, 1.82) is 0 Å². The number of halogens is 2. The number of hydrogen-bond acceptors (Lipinski definition) is 2. The Labute approximate surface area is 109 Å². The van der Waals surface area contributed by atoms with Crippen LogP contribution in [0.5, 0.6) is 0 Å². The molecule has 1 aliphatic rings. The third kappa shape index (κ3) is 2.26. The molecule has 2 nitrogen and oxygen atoms in total. The third-order valence-electron chi connectivity index (χ3n) is 2.60. The minimum atomic E-state index is 0.0347. The summed E-state index contributed by atoms with van der Waals surface area (Å²) in [6.45, 7) is 0.763. The van der Waals surface area contributed by atoms with Crippen molar-refractivity contribution < 1.29 is 4.74 Å². The molecule has 0 saturated carbocycles. The highest BCUT2D eigenvalue weighted by atomic mass is 79.9. The van der Waals surface area contributed by atoms with E-state index in [1.54, 1.807) is 0 Å². The van der Waals surface area contributed by atoms with Crippen molar-refractivity contribution in [1.82, 2.24) is 5.32 Å². The molecule has 86 valence electrons. The highest BCUT2D eigenvalue weighted by Gasteiger charge is 2.21. The number of rotatable bonds is 3. The Morgan fingerprint density at radius 2 is 2.31 bits per heavy atom. The van der Waals surface area contributed by atoms with Crippen molar-refractivity contribution in [3.05, 3.63) is 45.1 Å². The zero-order valence-corrected chi connectivity index (χ0v) is 11.3. The molecular formula is C12H13BrClNO. The minimum absolute atomic E-state index is 0.0347. The topological polar surface area (TPSA) is 21.3 Å². The molecule has 1 heterocycles. The number of nitrogens with one attached hydrogen (secondary N) is 1. The lowest BCUT2D eigenvalue weighted by Gasteiger charge is -2.19. The van der Waals surface area contributed by atoms with E-state index in [-0.39, 0.29) is 6.04 Å². The maximum atomic E-state index is 6.28. The first-order chi connectivity index (χ1) is 7.74. The summed E-state index contributed by atoms with van der Waals surface area (Å²) >= 11 is 9.71. The fraction of sp³-hybridized carbons (Fsp3) is 0.333. The second kappa shape index (κ2) is 5.21. The summed E-state index contributed by atoms with van der Waals surface area (Å²) in [6, 6.07) is 5.96. The second-order valence-corrected chi connectivity index (χ2v) is 4.84. The molecule has 2 rings (SSSR count). The summed E-state index contributed by atoms with van der Waals surface area (Å²) in [4.78, 5) is 0. The third-order valence-corrected chi connectivity index (χ3v) is 3.91. The molecule has 1 unspecified atom stereocenters. The van der Waals surface area contributed by atoms with Crippen LogP contribution < -0.4 is 5.32 Å². The van der Waals surface area contributed by atoms with Gasteiger partial charge in [0.15, 0.2) is 0 Å². The van der Waals surface area contributed by atoms with E-state index in [4.69, 9.17) is 16.3 Å². The van der Waals surface area contributed by atoms with Gasteiger partial charge in [-0.05, 0) is 40.7 Å². The van der Waals surface area contributed by atoms with Crippen molar-refractivity contribution >= 4 is 27.5 Å². The lowest BCUT2D eigenvalue weighted by molar-refractivity contribution is 0.218. The first kappa shape index (κ1) is 12.0. The molecule has 0 bridgehead atoms. The van der Waals surface area contributed by atoms with E-state index in [0.29, 0.717) is 0 Å². The van der Waals surface area contributed by atoms with Gasteiger partial charge in [-0.15, -0.1) is 0 Å². The van der Waals surface area contributed by atoms with Gasteiger partial charge in [0.2, 0.25) is 0 Å². The maximum absolute atomic E-state index is 6.28. The summed E-state index contributed by atoms with van der Waals surface area (Å²) in [7, 11) is 1.91.